The smallest absolute Gasteiger partial charge is 0.0991 e. The van der Waals surface area contributed by atoms with Gasteiger partial charge in [0, 0.05) is 6.42 Å². The summed E-state index contributed by atoms with van der Waals surface area (Å²) in [5, 5.41) is 30.0. The highest BCUT2D eigenvalue weighted by molar-refractivity contribution is 5.39. The summed E-state index contributed by atoms with van der Waals surface area (Å²) in [6.07, 6.45) is 14.5. The molecule has 0 bridgehead atoms. The minimum Gasteiger partial charge on any atom is -0.393 e. The largest absolute Gasteiger partial charge is 0.393 e. The second-order valence-corrected chi connectivity index (χ2v) is 13.4. The lowest BCUT2D eigenvalue weighted by Gasteiger charge is -2.44. The molecule has 1 aromatic carbocycles. The molecule has 3 saturated carbocycles. The van der Waals surface area contributed by atoms with Gasteiger partial charge >= 0.3 is 0 Å². The molecule has 0 radical (unpaired) electrons. The quantitative estimate of drug-likeness (QED) is 0.341. The third kappa shape index (κ3) is 7.31. The Bertz CT molecular complexity index is 1120. The number of fused-ring (bicyclic) bond motifs is 1. The molecule has 6 atom stereocenters. The highest BCUT2D eigenvalue weighted by Gasteiger charge is 2.50. The number of aliphatic hydroxyl groups is 2. The fourth-order valence-electron chi connectivity index (χ4n) is 7.82. The normalized spacial score (nSPS) is 32.3. The van der Waals surface area contributed by atoms with Crippen LogP contribution in [0, 0.1) is 34.5 Å². The number of nitriles is 1. The molecule has 0 aliphatic heterocycles. The lowest BCUT2D eigenvalue weighted by molar-refractivity contribution is 0.0163. The van der Waals surface area contributed by atoms with E-state index in [0.29, 0.717) is 42.3 Å². The summed E-state index contributed by atoms with van der Waals surface area (Å²) in [4.78, 5) is 0. The third-order valence-electron chi connectivity index (χ3n) is 9.92. The Hall–Kier alpha value is -2.19. The number of hydrogen-bond acceptors (Lipinski definition) is 4. The van der Waals surface area contributed by atoms with Crippen molar-refractivity contribution in [2.45, 2.75) is 116 Å². The van der Waals surface area contributed by atoms with Crippen molar-refractivity contribution < 1.29 is 14.9 Å². The summed E-state index contributed by atoms with van der Waals surface area (Å²) in [7, 11) is 0. The Morgan fingerprint density at radius 1 is 1.28 bits per heavy atom. The number of nitrogens with zero attached hydrogens (tertiary/aromatic N) is 1. The monoisotopic (exact) mass is 531 g/mol. The molecule has 4 rings (SSSR count). The fourth-order valence-corrected chi connectivity index (χ4v) is 7.82. The van der Waals surface area contributed by atoms with Gasteiger partial charge in [-0.2, -0.15) is 5.26 Å². The zero-order chi connectivity index (χ0) is 28.2. The predicted molar refractivity (Wildman–Crippen MR) is 158 cm³/mol. The second kappa shape index (κ2) is 12.5. The standard InChI is InChI=1S/C35H49NO3/c1-24(9-7-17-34(3,4)38)31-15-16-32-28(12-8-18-35(31,32)5)13-14-29-20-30(37)21-33(25(29)2)39-23-27-11-6-10-26(19-27)22-36/h6,10-11,13-14,19,24,30-33,37-38H,2,7-9,12,15-18,20-21,23H2,1,3-5H3/b28-13+,29-14-/t24-,30-,31-,32+,33+,35-/m1/s1. The average molecular weight is 532 g/mol. The van der Waals surface area contributed by atoms with Crippen LogP contribution >= 0.6 is 0 Å². The minimum absolute atomic E-state index is 0.221. The molecule has 0 aromatic heterocycles. The summed E-state index contributed by atoms with van der Waals surface area (Å²) < 4.78 is 6.21. The molecule has 39 heavy (non-hydrogen) atoms. The second-order valence-electron chi connectivity index (χ2n) is 13.4. The summed E-state index contributed by atoms with van der Waals surface area (Å²) in [5.41, 5.74) is 5.00. The number of allylic oxidation sites excluding steroid dienone is 3. The molecule has 2 N–H and O–H groups in total. The first-order chi connectivity index (χ1) is 18.5. The number of aliphatic hydroxyl groups excluding tert-OH is 1. The van der Waals surface area contributed by atoms with Crippen molar-refractivity contribution in [3.05, 3.63) is 70.8 Å². The molecule has 0 saturated heterocycles. The van der Waals surface area contributed by atoms with Crippen molar-refractivity contribution in [1.82, 2.24) is 0 Å². The Labute approximate surface area is 236 Å². The maximum Gasteiger partial charge on any atom is 0.0991 e. The first-order valence-corrected chi connectivity index (χ1v) is 15.1. The van der Waals surface area contributed by atoms with Crippen LogP contribution in [0.3, 0.4) is 0 Å². The van der Waals surface area contributed by atoms with Crippen molar-refractivity contribution >= 4 is 0 Å². The van der Waals surface area contributed by atoms with Crippen LogP contribution in [0.15, 0.2) is 59.7 Å². The van der Waals surface area contributed by atoms with Crippen LogP contribution in [0.1, 0.15) is 103 Å². The predicted octanol–water partition coefficient (Wildman–Crippen LogP) is 7.80. The van der Waals surface area contributed by atoms with E-state index in [1.807, 2.05) is 32.0 Å². The molecule has 0 heterocycles. The van der Waals surface area contributed by atoms with Gasteiger partial charge < -0.3 is 14.9 Å². The number of rotatable bonds is 9. The lowest BCUT2D eigenvalue weighted by Crippen LogP contribution is -2.36. The third-order valence-corrected chi connectivity index (χ3v) is 9.92. The van der Waals surface area contributed by atoms with Gasteiger partial charge in [0.25, 0.3) is 0 Å². The van der Waals surface area contributed by atoms with Gasteiger partial charge in [0.15, 0.2) is 0 Å². The molecule has 0 spiro atoms. The average Bonchev–Trinajstić information content (AvgIpc) is 3.25. The first kappa shape index (κ1) is 29.8. The number of hydrogen-bond donors (Lipinski definition) is 2. The van der Waals surface area contributed by atoms with Crippen LogP contribution in [0.25, 0.3) is 0 Å². The minimum atomic E-state index is -0.570. The summed E-state index contributed by atoms with van der Waals surface area (Å²) in [6.45, 7) is 13.6. The van der Waals surface area contributed by atoms with E-state index in [4.69, 9.17) is 4.74 Å². The van der Waals surface area contributed by atoms with Gasteiger partial charge in [-0.3, -0.25) is 0 Å². The van der Waals surface area contributed by atoms with Crippen LogP contribution in [0.2, 0.25) is 0 Å². The van der Waals surface area contributed by atoms with E-state index in [9.17, 15) is 15.5 Å². The Balaban J connectivity index is 1.42. The molecule has 1 aromatic rings. The molecule has 212 valence electrons. The van der Waals surface area contributed by atoms with Crippen LogP contribution < -0.4 is 0 Å². The van der Waals surface area contributed by atoms with Crippen molar-refractivity contribution in [2.75, 3.05) is 0 Å². The van der Waals surface area contributed by atoms with Gasteiger partial charge in [0.05, 0.1) is 36.0 Å². The van der Waals surface area contributed by atoms with Crippen molar-refractivity contribution in [3.63, 3.8) is 0 Å². The van der Waals surface area contributed by atoms with Gasteiger partial charge in [0.2, 0.25) is 0 Å². The molecule has 0 unspecified atom stereocenters. The van der Waals surface area contributed by atoms with Crippen molar-refractivity contribution in [3.8, 4) is 6.07 Å². The Kier molecular flexibility index (Phi) is 9.58. The number of ether oxygens (including phenoxy) is 1. The van der Waals surface area contributed by atoms with Crippen LogP contribution in [0.5, 0.6) is 0 Å². The van der Waals surface area contributed by atoms with Crippen molar-refractivity contribution in [1.29, 1.82) is 5.26 Å². The molecule has 3 fully saturated rings. The summed E-state index contributed by atoms with van der Waals surface area (Å²) in [5.74, 6) is 2.05. The molecule has 3 aliphatic carbocycles. The van der Waals surface area contributed by atoms with Gasteiger partial charge in [-0.05, 0) is 111 Å². The highest BCUT2D eigenvalue weighted by Crippen LogP contribution is 2.60. The summed E-state index contributed by atoms with van der Waals surface area (Å²) >= 11 is 0. The van der Waals surface area contributed by atoms with Crippen LogP contribution in [-0.4, -0.2) is 28.0 Å². The highest BCUT2D eigenvalue weighted by atomic mass is 16.5. The Morgan fingerprint density at radius 3 is 2.82 bits per heavy atom. The van der Waals surface area contributed by atoms with Crippen LogP contribution in [0.4, 0.5) is 0 Å². The molecule has 4 heteroatoms. The maximum absolute atomic E-state index is 10.7. The molecule has 3 aliphatic rings. The fraction of sp³-hybridized carbons (Fsp3) is 0.629. The van der Waals surface area contributed by atoms with E-state index < -0.39 is 11.7 Å². The Morgan fingerprint density at radius 2 is 2.08 bits per heavy atom. The number of benzene rings is 1. The lowest BCUT2D eigenvalue weighted by atomic mass is 9.60. The maximum atomic E-state index is 10.7. The zero-order valence-corrected chi connectivity index (χ0v) is 24.6. The van der Waals surface area contributed by atoms with E-state index in [1.54, 1.807) is 11.6 Å². The van der Waals surface area contributed by atoms with E-state index in [0.717, 1.165) is 41.9 Å². The van der Waals surface area contributed by atoms with E-state index in [2.05, 4.69) is 38.6 Å². The first-order valence-electron chi connectivity index (χ1n) is 15.1. The zero-order valence-electron chi connectivity index (χ0n) is 24.6. The molecule has 0 amide bonds. The van der Waals surface area contributed by atoms with E-state index in [-0.39, 0.29) is 6.10 Å². The summed E-state index contributed by atoms with van der Waals surface area (Å²) in [6, 6.07) is 9.67. The van der Waals surface area contributed by atoms with Gasteiger partial charge in [-0.1, -0.05) is 63.1 Å². The van der Waals surface area contributed by atoms with Crippen molar-refractivity contribution in [2.24, 2.45) is 23.2 Å². The van der Waals surface area contributed by atoms with Gasteiger partial charge in [-0.15, -0.1) is 0 Å². The van der Waals surface area contributed by atoms with E-state index in [1.165, 1.54) is 32.1 Å². The molecular formula is C35H49NO3. The van der Waals surface area contributed by atoms with Crippen LogP contribution in [-0.2, 0) is 11.3 Å². The molecular weight excluding hydrogens is 482 g/mol. The van der Waals surface area contributed by atoms with Gasteiger partial charge in [0.1, 0.15) is 0 Å². The topological polar surface area (TPSA) is 73.5 Å². The SMILES string of the molecule is C=C1/C(=C\C=C2/CCC[C@]3(C)[C@@H]([C@H](C)CCCC(C)(C)O)CC[C@@H]23)C[C@@H](O)C[C@@H]1OCc1cccc(C#N)c1. The van der Waals surface area contributed by atoms with Gasteiger partial charge in [-0.25, -0.2) is 0 Å². The van der Waals surface area contributed by atoms with E-state index >= 15 is 0 Å². The molecule has 4 nitrogen and oxygen atoms in total.